The van der Waals surface area contributed by atoms with Crippen molar-refractivity contribution in [3.8, 4) is 0 Å². The number of nitrogens with zero attached hydrogens (tertiary/aromatic N) is 1. The van der Waals surface area contributed by atoms with Crippen LogP contribution in [0, 0.1) is 0 Å². The average Bonchev–Trinajstić information content (AvgIpc) is 2.69. The molecule has 4 heteroatoms. The lowest BCUT2D eigenvalue weighted by Gasteiger charge is -2.12. The van der Waals surface area contributed by atoms with Gasteiger partial charge in [0.25, 0.3) is 0 Å². The highest BCUT2D eigenvalue weighted by Crippen LogP contribution is 2.30. The molecule has 104 valence electrons. The number of carbonyl (C=O) groups is 1. The SMILES string of the molecule is CC(C)NCc1cccc(SC2CCN(C)C2=O)c1. The molecule has 1 atom stereocenters. The Morgan fingerprint density at radius 3 is 2.89 bits per heavy atom. The third kappa shape index (κ3) is 3.98. The van der Waals surface area contributed by atoms with E-state index in [1.807, 2.05) is 11.9 Å². The van der Waals surface area contributed by atoms with E-state index in [9.17, 15) is 4.79 Å². The molecule has 2 rings (SSSR count). The van der Waals surface area contributed by atoms with E-state index in [2.05, 4.69) is 43.4 Å². The molecular formula is C15H22N2OS. The van der Waals surface area contributed by atoms with Gasteiger partial charge >= 0.3 is 0 Å². The number of rotatable bonds is 5. The highest BCUT2D eigenvalue weighted by Gasteiger charge is 2.29. The third-order valence-corrected chi connectivity index (χ3v) is 4.52. The van der Waals surface area contributed by atoms with Gasteiger partial charge in [-0.25, -0.2) is 0 Å². The number of hydrogen-bond donors (Lipinski definition) is 1. The Kier molecular flexibility index (Phi) is 4.88. The van der Waals surface area contributed by atoms with Crippen LogP contribution in [0.2, 0.25) is 0 Å². The Balaban J connectivity index is 1.97. The molecule has 0 saturated carbocycles. The van der Waals surface area contributed by atoms with E-state index in [0.717, 1.165) is 19.5 Å². The van der Waals surface area contributed by atoms with Gasteiger partial charge in [-0.05, 0) is 24.1 Å². The molecule has 0 aliphatic carbocycles. The van der Waals surface area contributed by atoms with Gasteiger partial charge in [0.05, 0.1) is 5.25 Å². The zero-order valence-corrected chi connectivity index (χ0v) is 12.7. The molecule has 0 spiro atoms. The summed E-state index contributed by atoms with van der Waals surface area (Å²) in [4.78, 5) is 14.9. The van der Waals surface area contributed by atoms with Crippen molar-refractivity contribution >= 4 is 17.7 Å². The van der Waals surface area contributed by atoms with Gasteiger partial charge in [0.1, 0.15) is 0 Å². The van der Waals surface area contributed by atoms with Crippen LogP contribution in [-0.4, -0.2) is 35.7 Å². The number of carbonyl (C=O) groups excluding carboxylic acids is 1. The number of hydrogen-bond acceptors (Lipinski definition) is 3. The number of benzene rings is 1. The van der Waals surface area contributed by atoms with Crippen molar-refractivity contribution in [3.63, 3.8) is 0 Å². The Labute approximate surface area is 119 Å². The van der Waals surface area contributed by atoms with Crippen LogP contribution in [0.5, 0.6) is 0 Å². The molecule has 1 aliphatic rings. The number of likely N-dealkylation sites (tertiary alicyclic amines) is 1. The zero-order chi connectivity index (χ0) is 13.8. The second-order valence-electron chi connectivity index (χ2n) is 5.34. The van der Waals surface area contributed by atoms with Crippen LogP contribution in [0.4, 0.5) is 0 Å². The van der Waals surface area contributed by atoms with Crippen molar-refractivity contribution in [3.05, 3.63) is 29.8 Å². The predicted molar refractivity (Wildman–Crippen MR) is 80.3 cm³/mol. The molecule has 0 bridgehead atoms. The summed E-state index contributed by atoms with van der Waals surface area (Å²) in [6.07, 6.45) is 0.953. The fourth-order valence-corrected chi connectivity index (χ4v) is 3.32. The second kappa shape index (κ2) is 6.44. The molecule has 19 heavy (non-hydrogen) atoms. The first kappa shape index (κ1) is 14.4. The molecule has 0 radical (unpaired) electrons. The van der Waals surface area contributed by atoms with E-state index >= 15 is 0 Å². The van der Waals surface area contributed by atoms with Crippen LogP contribution in [0.25, 0.3) is 0 Å². The first-order valence-corrected chi connectivity index (χ1v) is 7.68. The highest BCUT2D eigenvalue weighted by molar-refractivity contribution is 8.00. The van der Waals surface area contributed by atoms with Crippen molar-refractivity contribution in [2.24, 2.45) is 0 Å². The summed E-state index contributed by atoms with van der Waals surface area (Å²) in [5.74, 6) is 0.260. The minimum absolute atomic E-state index is 0.0957. The monoisotopic (exact) mass is 278 g/mol. The fourth-order valence-electron chi connectivity index (χ4n) is 2.11. The van der Waals surface area contributed by atoms with Gasteiger partial charge in [-0.2, -0.15) is 0 Å². The van der Waals surface area contributed by atoms with Crippen LogP contribution >= 0.6 is 11.8 Å². The first-order chi connectivity index (χ1) is 9.06. The van der Waals surface area contributed by atoms with Crippen LogP contribution in [0.1, 0.15) is 25.8 Å². The van der Waals surface area contributed by atoms with E-state index in [1.54, 1.807) is 11.8 Å². The van der Waals surface area contributed by atoms with Crippen molar-refractivity contribution in [2.45, 2.75) is 43.0 Å². The second-order valence-corrected chi connectivity index (χ2v) is 6.61. The first-order valence-electron chi connectivity index (χ1n) is 6.80. The molecule has 1 aromatic carbocycles. The minimum atomic E-state index is 0.0957. The lowest BCUT2D eigenvalue weighted by atomic mass is 10.2. The van der Waals surface area contributed by atoms with Crippen molar-refractivity contribution < 1.29 is 4.79 Å². The minimum Gasteiger partial charge on any atom is -0.345 e. The summed E-state index contributed by atoms with van der Waals surface area (Å²) >= 11 is 1.69. The molecule has 1 saturated heterocycles. The van der Waals surface area contributed by atoms with Crippen molar-refractivity contribution in [1.29, 1.82) is 0 Å². The fraction of sp³-hybridized carbons (Fsp3) is 0.533. The Bertz CT molecular complexity index is 448. The average molecular weight is 278 g/mol. The summed E-state index contributed by atoms with van der Waals surface area (Å²) in [5, 5.41) is 3.51. The summed E-state index contributed by atoms with van der Waals surface area (Å²) in [7, 11) is 1.88. The number of nitrogens with one attached hydrogen (secondary N) is 1. The van der Waals surface area contributed by atoms with Gasteiger partial charge < -0.3 is 10.2 Å². The van der Waals surface area contributed by atoms with Crippen LogP contribution in [-0.2, 0) is 11.3 Å². The molecule has 1 aromatic rings. The Hall–Kier alpha value is -1.00. The maximum atomic E-state index is 11.9. The van der Waals surface area contributed by atoms with Crippen LogP contribution < -0.4 is 5.32 Å². The summed E-state index contributed by atoms with van der Waals surface area (Å²) in [5.41, 5.74) is 1.28. The van der Waals surface area contributed by atoms with Crippen LogP contribution in [0.3, 0.4) is 0 Å². The molecule has 0 aromatic heterocycles. The quantitative estimate of drug-likeness (QED) is 0.898. The lowest BCUT2D eigenvalue weighted by molar-refractivity contribution is -0.126. The maximum Gasteiger partial charge on any atom is 0.235 e. The third-order valence-electron chi connectivity index (χ3n) is 3.27. The molecule has 1 heterocycles. The maximum absolute atomic E-state index is 11.9. The molecule has 1 unspecified atom stereocenters. The zero-order valence-electron chi connectivity index (χ0n) is 11.8. The van der Waals surface area contributed by atoms with Gasteiger partial charge in [-0.3, -0.25) is 4.79 Å². The molecule has 1 fully saturated rings. The smallest absolute Gasteiger partial charge is 0.235 e. The summed E-state index contributed by atoms with van der Waals surface area (Å²) in [6.45, 7) is 6.05. The Morgan fingerprint density at radius 1 is 1.47 bits per heavy atom. The Morgan fingerprint density at radius 2 is 2.26 bits per heavy atom. The lowest BCUT2D eigenvalue weighted by Crippen LogP contribution is -2.23. The van der Waals surface area contributed by atoms with Crippen LogP contribution in [0.15, 0.2) is 29.2 Å². The topological polar surface area (TPSA) is 32.3 Å². The van der Waals surface area contributed by atoms with Crippen molar-refractivity contribution in [1.82, 2.24) is 10.2 Å². The van der Waals surface area contributed by atoms with E-state index in [0.29, 0.717) is 6.04 Å². The van der Waals surface area contributed by atoms with Crippen molar-refractivity contribution in [2.75, 3.05) is 13.6 Å². The molecule has 3 nitrogen and oxygen atoms in total. The molecule has 1 aliphatic heterocycles. The highest BCUT2D eigenvalue weighted by atomic mass is 32.2. The van der Waals surface area contributed by atoms with E-state index in [4.69, 9.17) is 0 Å². The van der Waals surface area contributed by atoms with Gasteiger partial charge in [0.15, 0.2) is 0 Å². The summed E-state index contributed by atoms with van der Waals surface area (Å²) in [6, 6.07) is 8.97. The van der Waals surface area contributed by atoms with E-state index in [-0.39, 0.29) is 11.2 Å². The summed E-state index contributed by atoms with van der Waals surface area (Å²) < 4.78 is 0. The normalized spacial score (nSPS) is 19.5. The molecular weight excluding hydrogens is 256 g/mol. The molecule has 1 amide bonds. The van der Waals surface area contributed by atoms with Gasteiger partial charge in [0, 0.05) is 31.1 Å². The number of amides is 1. The largest absolute Gasteiger partial charge is 0.345 e. The van der Waals surface area contributed by atoms with E-state index in [1.165, 1.54) is 10.5 Å². The number of thioether (sulfide) groups is 1. The van der Waals surface area contributed by atoms with Gasteiger partial charge in [0.2, 0.25) is 5.91 Å². The predicted octanol–water partition coefficient (Wildman–Crippen LogP) is 2.51. The van der Waals surface area contributed by atoms with E-state index < -0.39 is 0 Å². The van der Waals surface area contributed by atoms with Gasteiger partial charge in [-0.1, -0.05) is 26.0 Å². The molecule has 1 N–H and O–H groups in total. The van der Waals surface area contributed by atoms with Gasteiger partial charge in [-0.15, -0.1) is 11.8 Å². The standard InChI is InChI=1S/C15H22N2OS/c1-11(2)16-10-12-5-4-6-13(9-12)19-14-7-8-17(3)15(14)18/h4-6,9,11,14,16H,7-8,10H2,1-3H3.